The van der Waals surface area contributed by atoms with Gasteiger partial charge in [0, 0.05) is 58.7 Å². The fraction of sp³-hybridized carbons (Fsp3) is 0.650. The molecule has 0 bridgehead atoms. The number of hydrogen-bond donors (Lipinski definition) is 2. The van der Waals surface area contributed by atoms with Gasteiger partial charge in [-0.25, -0.2) is 0 Å². The number of guanidine groups is 1. The van der Waals surface area contributed by atoms with Crippen LogP contribution in [0.4, 0.5) is 0 Å². The van der Waals surface area contributed by atoms with E-state index < -0.39 is 0 Å². The number of pyridine rings is 1. The summed E-state index contributed by atoms with van der Waals surface area (Å²) in [6, 6.07) is 2.46. The zero-order chi connectivity index (χ0) is 19.6. The summed E-state index contributed by atoms with van der Waals surface area (Å²) in [6.07, 6.45) is 6.70. The molecule has 2 rings (SSSR count). The fourth-order valence-electron chi connectivity index (χ4n) is 3.15. The second-order valence-corrected chi connectivity index (χ2v) is 7.30. The minimum absolute atomic E-state index is 0. The van der Waals surface area contributed by atoms with Crippen LogP contribution in [0, 0.1) is 6.92 Å². The number of carbonyl (C=O) groups is 1. The van der Waals surface area contributed by atoms with Crippen molar-refractivity contribution in [2.24, 2.45) is 4.99 Å². The molecule has 0 atom stereocenters. The molecule has 28 heavy (non-hydrogen) atoms. The lowest BCUT2D eigenvalue weighted by atomic mass is 10.1. The minimum Gasteiger partial charge on any atom is -0.357 e. The van der Waals surface area contributed by atoms with Crippen LogP contribution in [0.2, 0.25) is 0 Å². The third kappa shape index (κ3) is 8.30. The van der Waals surface area contributed by atoms with E-state index in [1.807, 2.05) is 26.5 Å². The van der Waals surface area contributed by atoms with Gasteiger partial charge in [-0.15, -0.1) is 24.0 Å². The predicted molar refractivity (Wildman–Crippen MR) is 125 cm³/mol. The lowest BCUT2D eigenvalue weighted by molar-refractivity contribution is -0.130. The van der Waals surface area contributed by atoms with E-state index >= 15 is 0 Å². The molecule has 1 aliphatic rings. The Bertz CT molecular complexity index is 629. The monoisotopic (exact) mass is 502 g/mol. The van der Waals surface area contributed by atoms with Crippen molar-refractivity contribution in [2.45, 2.75) is 39.2 Å². The lowest BCUT2D eigenvalue weighted by Gasteiger charge is -2.33. The van der Waals surface area contributed by atoms with Crippen molar-refractivity contribution in [3.63, 3.8) is 0 Å². The molecule has 8 heteroatoms. The van der Waals surface area contributed by atoms with Gasteiger partial charge in [0.1, 0.15) is 0 Å². The Morgan fingerprint density at radius 1 is 1.36 bits per heavy atom. The largest absolute Gasteiger partial charge is 0.357 e. The maximum absolute atomic E-state index is 11.9. The van der Waals surface area contributed by atoms with Crippen LogP contribution in [0.25, 0.3) is 0 Å². The van der Waals surface area contributed by atoms with Gasteiger partial charge in [-0.3, -0.25) is 19.7 Å². The summed E-state index contributed by atoms with van der Waals surface area (Å²) in [7, 11) is 3.62. The van der Waals surface area contributed by atoms with E-state index in [4.69, 9.17) is 4.99 Å². The van der Waals surface area contributed by atoms with Gasteiger partial charge >= 0.3 is 0 Å². The number of halogens is 1. The Morgan fingerprint density at radius 3 is 2.68 bits per heavy atom. The van der Waals surface area contributed by atoms with Crippen molar-refractivity contribution in [1.29, 1.82) is 0 Å². The van der Waals surface area contributed by atoms with E-state index in [1.165, 1.54) is 11.1 Å². The average Bonchev–Trinajstić information content (AvgIpc) is 2.65. The number of nitrogens with zero attached hydrogens (tertiary/aromatic N) is 4. The molecule has 1 aromatic rings. The van der Waals surface area contributed by atoms with E-state index in [2.05, 4.69) is 40.4 Å². The normalized spacial score (nSPS) is 15.6. The first-order chi connectivity index (χ1) is 13.0. The number of hydrogen-bond acceptors (Lipinski definition) is 4. The topological polar surface area (TPSA) is 72.9 Å². The number of amides is 1. The second kappa shape index (κ2) is 12.9. The van der Waals surface area contributed by atoms with E-state index in [-0.39, 0.29) is 29.9 Å². The molecule has 1 amide bonds. The van der Waals surface area contributed by atoms with Gasteiger partial charge in [0.05, 0.1) is 6.54 Å². The van der Waals surface area contributed by atoms with Gasteiger partial charge in [-0.05, 0) is 50.3 Å². The maximum atomic E-state index is 11.9. The van der Waals surface area contributed by atoms with E-state index in [9.17, 15) is 4.79 Å². The number of likely N-dealkylation sites (tertiary alicyclic amines) is 1. The highest BCUT2D eigenvalue weighted by Gasteiger charge is 2.21. The van der Waals surface area contributed by atoms with Gasteiger partial charge in [-0.2, -0.15) is 0 Å². The van der Waals surface area contributed by atoms with Crippen LogP contribution < -0.4 is 10.6 Å². The molecule has 0 saturated carbocycles. The van der Waals surface area contributed by atoms with Gasteiger partial charge in [0.25, 0.3) is 0 Å². The standard InChI is InChI=1S/C20H34N6O.HI/c1-5-22-20(23-11-7-17-6-10-21-14-16(17)2)24-18-8-12-26(13-9-18)15-19(27)25(3)4;/h6,10,14,18H,5,7-9,11-13,15H2,1-4H3,(H2,22,23,24);1H. The first-order valence-electron chi connectivity index (χ1n) is 9.86. The highest BCUT2D eigenvalue weighted by Crippen LogP contribution is 2.10. The van der Waals surface area contributed by atoms with Gasteiger partial charge in [0.15, 0.2) is 5.96 Å². The quantitative estimate of drug-likeness (QED) is 0.337. The summed E-state index contributed by atoms with van der Waals surface area (Å²) < 4.78 is 0. The van der Waals surface area contributed by atoms with E-state index in [1.54, 1.807) is 4.90 Å². The second-order valence-electron chi connectivity index (χ2n) is 7.30. The summed E-state index contributed by atoms with van der Waals surface area (Å²) in [5.41, 5.74) is 2.51. The van der Waals surface area contributed by atoms with Crippen molar-refractivity contribution in [3.8, 4) is 0 Å². The number of aromatic nitrogens is 1. The Balaban J connectivity index is 0.00000392. The van der Waals surface area contributed by atoms with Crippen LogP contribution in [-0.2, 0) is 11.2 Å². The number of rotatable bonds is 7. The number of carbonyl (C=O) groups excluding carboxylic acids is 1. The zero-order valence-corrected chi connectivity index (χ0v) is 19.9. The summed E-state index contributed by atoms with van der Waals surface area (Å²) >= 11 is 0. The third-order valence-corrected chi connectivity index (χ3v) is 4.92. The number of piperidine rings is 1. The molecule has 2 heterocycles. The molecule has 1 aromatic heterocycles. The van der Waals surface area contributed by atoms with Crippen molar-refractivity contribution >= 4 is 35.8 Å². The molecule has 0 radical (unpaired) electrons. The summed E-state index contributed by atoms with van der Waals surface area (Å²) in [5.74, 6) is 1.05. The van der Waals surface area contributed by atoms with Crippen LogP contribution in [0.5, 0.6) is 0 Å². The maximum Gasteiger partial charge on any atom is 0.236 e. The van der Waals surface area contributed by atoms with Gasteiger partial charge < -0.3 is 15.5 Å². The van der Waals surface area contributed by atoms with Crippen molar-refractivity contribution in [2.75, 3.05) is 46.8 Å². The molecular weight excluding hydrogens is 467 g/mol. The molecule has 0 aromatic carbocycles. The van der Waals surface area contributed by atoms with Crippen LogP contribution in [-0.4, -0.2) is 79.5 Å². The van der Waals surface area contributed by atoms with E-state index in [0.29, 0.717) is 12.6 Å². The summed E-state index contributed by atoms with van der Waals surface area (Å²) in [4.78, 5) is 24.6. The highest BCUT2D eigenvalue weighted by molar-refractivity contribution is 14.0. The number of aliphatic imine (C=N–C) groups is 1. The van der Waals surface area contributed by atoms with Gasteiger partial charge in [0.2, 0.25) is 5.91 Å². The Labute approximate surface area is 186 Å². The summed E-state index contributed by atoms with van der Waals surface area (Å²) in [6.45, 7) is 8.15. The molecule has 0 aliphatic carbocycles. The molecule has 1 fully saturated rings. The number of nitrogens with one attached hydrogen (secondary N) is 2. The number of aryl methyl sites for hydroxylation is 1. The fourth-order valence-corrected chi connectivity index (χ4v) is 3.15. The molecular formula is C20H35IN6O. The van der Waals surface area contributed by atoms with Crippen molar-refractivity contribution < 1.29 is 4.79 Å². The van der Waals surface area contributed by atoms with Crippen molar-refractivity contribution in [1.82, 2.24) is 25.4 Å². The molecule has 158 valence electrons. The molecule has 0 spiro atoms. The first-order valence-corrected chi connectivity index (χ1v) is 9.86. The van der Waals surface area contributed by atoms with Gasteiger partial charge in [-0.1, -0.05) is 0 Å². The van der Waals surface area contributed by atoms with Crippen molar-refractivity contribution in [3.05, 3.63) is 29.6 Å². The predicted octanol–water partition coefficient (Wildman–Crippen LogP) is 1.66. The molecule has 2 N–H and O–H groups in total. The Kier molecular flexibility index (Phi) is 11.4. The van der Waals surface area contributed by atoms with E-state index in [0.717, 1.165) is 51.4 Å². The Hall–Kier alpha value is -1.42. The van der Waals surface area contributed by atoms with Crippen LogP contribution in [0.1, 0.15) is 30.9 Å². The Morgan fingerprint density at radius 2 is 2.07 bits per heavy atom. The molecule has 7 nitrogen and oxygen atoms in total. The minimum atomic E-state index is 0. The first kappa shape index (κ1) is 24.6. The lowest BCUT2D eigenvalue weighted by Crippen LogP contribution is -2.50. The highest BCUT2D eigenvalue weighted by atomic mass is 127. The zero-order valence-electron chi connectivity index (χ0n) is 17.6. The molecule has 1 saturated heterocycles. The van der Waals surface area contributed by atoms with Crippen LogP contribution >= 0.6 is 24.0 Å². The van der Waals surface area contributed by atoms with Crippen LogP contribution in [0.15, 0.2) is 23.5 Å². The third-order valence-electron chi connectivity index (χ3n) is 4.92. The number of likely N-dealkylation sites (N-methyl/N-ethyl adjacent to an activating group) is 1. The molecule has 1 aliphatic heterocycles. The van der Waals surface area contributed by atoms with Crippen LogP contribution in [0.3, 0.4) is 0 Å². The average molecular weight is 502 g/mol. The summed E-state index contributed by atoms with van der Waals surface area (Å²) in [5, 5.41) is 6.90. The SMILES string of the molecule is CCNC(=NCCc1ccncc1C)NC1CCN(CC(=O)N(C)C)CC1.I. The smallest absolute Gasteiger partial charge is 0.236 e. The molecule has 0 unspecified atom stereocenters.